The summed E-state index contributed by atoms with van der Waals surface area (Å²) in [4.78, 5) is 24.0. The molecule has 0 unspecified atom stereocenters. The monoisotopic (exact) mass is 620 g/mol. The molecular weight excluding hydrogens is 595 g/mol. The van der Waals surface area contributed by atoms with Crippen LogP contribution in [0, 0.1) is 3.57 Å². The van der Waals surface area contributed by atoms with Crippen molar-refractivity contribution in [3.05, 3.63) is 81.9 Å². The first kappa shape index (κ1) is 27.1. The molecule has 36 heavy (non-hydrogen) atoms. The van der Waals surface area contributed by atoms with E-state index in [2.05, 4.69) is 38.4 Å². The summed E-state index contributed by atoms with van der Waals surface area (Å²) in [7, 11) is -2.64. The number of hydrogen-bond donors (Lipinski definition) is 2. The number of hydrazone groups is 1. The van der Waals surface area contributed by atoms with Gasteiger partial charge in [0.25, 0.3) is 15.9 Å². The Morgan fingerprint density at radius 1 is 1.00 bits per heavy atom. The van der Waals surface area contributed by atoms with Gasteiger partial charge in [0, 0.05) is 16.2 Å². The first-order chi connectivity index (χ1) is 17.1. The lowest BCUT2D eigenvalue weighted by molar-refractivity contribution is -0.119. The molecule has 11 heteroatoms. The Labute approximate surface area is 223 Å². The normalized spacial score (nSPS) is 11.5. The van der Waals surface area contributed by atoms with Gasteiger partial charge in [-0.2, -0.15) is 5.10 Å². The number of carbonyl (C=O) groups excluding carboxylic acids is 2. The maximum Gasteiger partial charge on any atom is 0.264 e. The zero-order valence-electron chi connectivity index (χ0n) is 19.9. The average molecular weight is 620 g/mol. The lowest BCUT2D eigenvalue weighted by Gasteiger charge is -2.24. The van der Waals surface area contributed by atoms with Gasteiger partial charge in [0.15, 0.2) is 0 Å². The fourth-order valence-electron chi connectivity index (χ4n) is 3.19. The summed E-state index contributed by atoms with van der Waals surface area (Å²) in [5, 5.41) is 6.73. The second-order valence-electron chi connectivity index (χ2n) is 7.66. The van der Waals surface area contributed by atoms with Gasteiger partial charge in [0.1, 0.15) is 12.3 Å². The Hall–Kier alpha value is -3.45. The molecule has 0 aliphatic heterocycles. The Kier molecular flexibility index (Phi) is 9.04. The fraction of sp³-hybridized carbons (Fsp3) is 0.160. The number of methoxy groups -OCH3 is 1. The van der Waals surface area contributed by atoms with Gasteiger partial charge in [-0.3, -0.25) is 13.9 Å². The van der Waals surface area contributed by atoms with Crippen LogP contribution in [0.1, 0.15) is 19.4 Å². The minimum atomic E-state index is -4.14. The predicted molar refractivity (Wildman–Crippen MR) is 148 cm³/mol. The molecule has 0 heterocycles. The molecule has 3 aromatic rings. The van der Waals surface area contributed by atoms with Gasteiger partial charge in [-0.1, -0.05) is 12.1 Å². The van der Waals surface area contributed by atoms with Gasteiger partial charge in [0.2, 0.25) is 5.91 Å². The molecule has 9 nitrogen and oxygen atoms in total. The van der Waals surface area contributed by atoms with Gasteiger partial charge in [0.05, 0.1) is 23.4 Å². The Morgan fingerprint density at radius 3 is 2.25 bits per heavy atom. The smallest absolute Gasteiger partial charge is 0.264 e. The van der Waals surface area contributed by atoms with Gasteiger partial charge >= 0.3 is 0 Å². The highest BCUT2D eigenvalue weighted by Crippen LogP contribution is 2.26. The van der Waals surface area contributed by atoms with E-state index in [0.717, 1.165) is 13.4 Å². The second-order valence-corrected chi connectivity index (χ2v) is 10.8. The number of benzene rings is 3. The lowest BCUT2D eigenvalue weighted by atomic mass is 10.1. The van der Waals surface area contributed by atoms with Crippen molar-refractivity contribution >= 4 is 61.5 Å². The molecular formula is C25H25IN4O5S. The summed E-state index contributed by atoms with van der Waals surface area (Å²) >= 11 is 2.18. The molecule has 0 radical (unpaired) electrons. The van der Waals surface area contributed by atoms with E-state index >= 15 is 0 Å². The molecule has 0 saturated heterocycles. The third-order valence-electron chi connectivity index (χ3n) is 5.00. The van der Waals surface area contributed by atoms with Gasteiger partial charge in [-0.05, 0) is 95.7 Å². The van der Waals surface area contributed by atoms with Gasteiger partial charge in [-0.15, -0.1) is 0 Å². The van der Waals surface area contributed by atoms with E-state index in [1.54, 1.807) is 31.2 Å². The summed E-state index contributed by atoms with van der Waals surface area (Å²) in [6.07, 6.45) is 0. The number of amides is 2. The minimum absolute atomic E-state index is 0.0428. The van der Waals surface area contributed by atoms with Crippen molar-refractivity contribution in [1.82, 2.24) is 5.43 Å². The van der Waals surface area contributed by atoms with Crippen LogP contribution < -0.4 is 19.8 Å². The van der Waals surface area contributed by atoms with Crippen molar-refractivity contribution in [3.63, 3.8) is 0 Å². The number of rotatable bonds is 9. The molecule has 3 aromatic carbocycles. The number of anilines is 2. The number of nitrogens with zero attached hydrogens (tertiary/aromatic N) is 2. The number of carbonyl (C=O) groups is 2. The Bertz CT molecular complexity index is 1370. The highest BCUT2D eigenvalue weighted by molar-refractivity contribution is 14.1. The highest BCUT2D eigenvalue weighted by Gasteiger charge is 2.27. The molecule has 2 amide bonds. The second kappa shape index (κ2) is 12.0. The van der Waals surface area contributed by atoms with E-state index in [9.17, 15) is 18.0 Å². The number of sulfonamides is 1. The third kappa shape index (κ3) is 7.04. The SMILES string of the molecule is COc1ccc(N(CC(=O)N/N=C(/C)c2cccc(I)c2)S(=O)(=O)c2ccc(NC(C)=O)cc2)cc1. The highest BCUT2D eigenvalue weighted by atomic mass is 127. The van der Waals surface area contributed by atoms with Crippen LogP contribution >= 0.6 is 22.6 Å². The quantitative estimate of drug-likeness (QED) is 0.213. The fourth-order valence-corrected chi connectivity index (χ4v) is 5.16. The molecule has 0 aliphatic carbocycles. The van der Waals surface area contributed by atoms with E-state index in [0.29, 0.717) is 17.1 Å². The van der Waals surface area contributed by atoms with Crippen LogP contribution in [0.4, 0.5) is 11.4 Å². The van der Waals surface area contributed by atoms with Crippen molar-refractivity contribution in [2.24, 2.45) is 5.10 Å². The van der Waals surface area contributed by atoms with Crippen molar-refractivity contribution in [2.45, 2.75) is 18.7 Å². The predicted octanol–water partition coefficient (Wildman–Crippen LogP) is 3.99. The lowest BCUT2D eigenvalue weighted by Crippen LogP contribution is -2.39. The number of nitrogens with one attached hydrogen (secondary N) is 2. The molecule has 0 aliphatic rings. The Morgan fingerprint density at radius 2 is 1.67 bits per heavy atom. The molecule has 188 valence electrons. The standard InChI is InChI=1S/C25H25IN4O5S/c1-17(19-5-4-6-20(26)15-19)28-29-25(32)16-30(22-9-11-23(35-3)12-10-22)36(33,34)24-13-7-21(8-14-24)27-18(2)31/h4-15H,16H2,1-3H3,(H,27,31)(H,29,32)/b28-17-. The molecule has 0 saturated carbocycles. The molecule has 0 spiro atoms. The number of hydrogen-bond acceptors (Lipinski definition) is 6. The maximum absolute atomic E-state index is 13.5. The van der Waals surface area contributed by atoms with Crippen LogP contribution in [0.3, 0.4) is 0 Å². The first-order valence-corrected chi connectivity index (χ1v) is 13.3. The average Bonchev–Trinajstić information content (AvgIpc) is 2.86. The molecule has 3 rings (SSSR count). The summed E-state index contributed by atoms with van der Waals surface area (Å²) in [5.74, 6) is -0.352. The van der Waals surface area contributed by atoms with E-state index in [1.807, 2.05) is 24.3 Å². The maximum atomic E-state index is 13.5. The zero-order valence-corrected chi connectivity index (χ0v) is 22.8. The summed E-state index contributed by atoms with van der Waals surface area (Å²) in [6, 6.07) is 19.6. The van der Waals surface area contributed by atoms with E-state index in [-0.39, 0.29) is 16.5 Å². The van der Waals surface area contributed by atoms with Crippen LogP contribution in [0.2, 0.25) is 0 Å². The topological polar surface area (TPSA) is 117 Å². The molecule has 0 atom stereocenters. The molecule has 0 aromatic heterocycles. The summed E-state index contributed by atoms with van der Waals surface area (Å²) in [5.41, 5.74) is 4.59. The van der Waals surface area contributed by atoms with Crippen LogP contribution in [0.25, 0.3) is 0 Å². The van der Waals surface area contributed by atoms with Crippen LogP contribution in [-0.4, -0.2) is 39.6 Å². The largest absolute Gasteiger partial charge is 0.497 e. The third-order valence-corrected chi connectivity index (χ3v) is 7.46. The Balaban J connectivity index is 1.88. The molecule has 2 N–H and O–H groups in total. The van der Waals surface area contributed by atoms with Crippen molar-refractivity contribution < 1.29 is 22.7 Å². The van der Waals surface area contributed by atoms with Crippen LogP contribution in [0.15, 0.2) is 82.8 Å². The molecule has 0 fully saturated rings. The van der Waals surface area contributed by atoms with Crippen LogP contribution in [0.5, 0.6) is 5.75 Å². The van der Waals surface area contributed by atoms with E-state index in [4.69, 9.17) is 4.74 Å². The van der Waals surface area contributed by atoms with Crippen LogP contribution in [-0.2, 0) is 19.6 Å². The number of halogens is 1. The summed E-state index contributed by atoms with van der Waals surface area (Å²) in [6.45, 7) is 2.60. The van der Waals surface area contributed by atoms with E-state index in [1.165, 1.54) is 38.3 Å². The molecule has 0 bridgehead atoms. The van der Waals surface area contributed by atoms with E-state index < -0.39 is 22.5 Å². The van der Waals surface area contributed by atoms with Crippen molar-refractivity contribution in [1.29, 1.82) is 0 Å². The van der Waals surface area contributed by atoms with Crippen molar-refractivity contribution in [3.8, 4) is 5.75 Å². The number of ether oxygens (including phenoxy) is 1. The summed E-state index contributed by atoms with van der Waals surface area (Å²) < 4.78 is 34.3. The first-order valence-electron chi connectivity index (χ1n) is 10.7. The van der Waals surface area contributed by atoms with Crippen molar-refractivity contribution in [2.75, 3.05) is 23.3 Å². The minimum Gasteiger partial charge on any atom is -0.497 e. The zero-order chi connectivity index (χ0) is 26.3. The van der Waals surface area contributed by atoms with Gasteiger partial charge in [-0.25, -0.2) is 13.8 Å². The van der Waals surface area contributed by atoms with Gasteiger partial charge < -0.3 is 10.1 Å².